The number of aromatic nitrogens is 3. The molecular weight excluding hydrogens is 164 g/mol. The summed E-state index contributed by atoms with van der Waals surface area (Å²) in [6, 6.07) is 5.33. The Hall–Kier alpha value is -1.29. The van der Waals surface area contributed by atoms with E-state index < -0.39 is 0 Å². The van der Waals surface area contributed by atoms with E-state index in [-0.39, 0.29) is 5.28 Å². The minimum atomic E-state index is 0.290. The van der Waals surface area contributed by atoms with E-state index in [1.54, 1.807) is 22.6 Å². The van der Waals surface area contributed by atoms with Gasteiger partial charge in [-0.15, -0.1) is 10.2 Å². The van der Waals surface area contributed by atoms with Crippen LogP contribution >= 0.6 is 11.6 Å². The maximum Gasteiger partial charge on any atom is 0.231 e. The molecule has 2 N–H and O–H groups in total. The van der Waals surface area contributed by atoms with Crippen molar-refractivity contribution < 1.29 is 0 Å². The zero-order valence-corrected chi connectivity index (χ0v) is 6.28. The lowest BCUT2D eigenvalue weighted by Gasteiger charge is -1.96. The number of hydrogen-bond acceptors (Lipinski definition) is 3. The number of nitrogens with two attached hydrogens (primary N) is 1. The summed E-state index contributed by atoms with van der Waals surface area (Å²) in [5.41, 5.74) is 6.26. The molecule has 0 saturated heterocycles. The van der Waals surface area contributed by atoms with E-state index in [1.165, 1.54) is 0 Å². The maximum absolute atomic E-state index is 5.69. The molecule has 4 nitrogen and oxygen atoms in total. The number of hydrogen-bond donors (Lipinski definition) is 1. The molecule has 2 rings (SSSR count). The fourth-order valence-corrected chi connectivity index (χ4v) is 1.15. The lowest BCUT2D eigenvalue weighted by molar-refractivity contribution is 1.10. The zero-order valence-electron chi connectivity index (χ0n) is 5.53. The highest BCUT2D eigenvalue weighted by Crippen LogP contribution is 2.12. The molecule has 0 unspecified atom stereocenters. The highest BCUT2D eigenvalue weighted by molar-refractivity contribution is 6.28. The van der Waals surface area contributed by atoms with Crippen molar-refractivity contribution in [3.05, 3.63) is 23.5 Å². The molecule has 0 bridgehead atoms. The third kappa shape index (κ3) is 0.832. The van der Waals surface area contributed by atoms with Crippen LogP contribution in [0.2, 0.25) is 5.28 Å². The lowest BCUT2D eigenvalue weighted by atomic mass is 10.4. The van der Waals surface area contributed by atoms with E-state index >= 15 is 0 Å². The highest BCUT2D eigenvalue weighted by atomic mass is 35.5. The number of anilines is 1. The van der Waals surface area contributed by atoms with Crippen LogP contribution in [0.25, 0.3) is 5.65 Å². The van der Waals surface area contributed by atoms with E-state index in [2.05, 4.69) is 10.2 Å². The predicted octanol–water partition coefficient (Wildman–Crippen LogP) is 0.965. The Labute approximate surface area is 67.6 Å². The minimum Gasteiger partial charge on any atom is -0.385 e. The average Bonchev–Trinajstić information content (AvgIpc) is 2.34. The standard InChI is InChI=1S/C6H5ClN4/c7-6-10-9-5-3-1-2-4(8)11(5)6/h1-3H,8H2. The third-order valence-corrected chi connectivity index (χ3v) is 1.66. The maximum atomic E-state index is 5.69. The first kappa shape index (κ1) is 6.42. The second kappa shape index (κ2) is 2.10. The number of nitrogens with zero attached hydrogens (tertiary/aromatic N) is 3. The van der Waals surface area contributed by atoms with Crippen LogP contribution in [0.15, 0.2) is 18.2 Å². The van der Waals surface area contributed by atoms with Crippen LogP contribution in [0.1, 0.15) is 0 Å². The van der Waals surface area contributed by atoms with Crippen LogP contribution in [0.3, 0.4) is 0 Å². The smallest absolute Gasteiger partial charge is 0.231 e. The van der Waals surface area contributed by atoms with Crippen molar-refractivity contribution >= 4 is 23.1 Å². The van der Waals surface area contributed by atoms with E-state index in [0.29, 0.717) is 11.5 Å². The van der Waals surface area contributed by atoms with Gasteiger partial charge in [0.25, 0.3) is 0 Å². The number of halogens is 1. The van der Waals surface area contributed by atoms with Crippen molar-refractivity contribution in [1.29, 1.82) is 0 Å². The van der Waals surface area contributed by atoms with Gasteiger partial charge in [0.2, 0.25) is 5.28 Å². The van der Waals surface area contributed by atoms with Gasteiger partial charge >= 0.3 is 0 Å². The molecule has 2 aromatic heterocycles. The molecule has 0 amide bonds. The van der Waals surface area contributed by atoms with Crippen molar-refractivity contribution in [2.45, 2.75) is 0 Å². The van der Waals surface area contributed by atoms with Crippen LogP contribution in [0.4, 0.5) is 5.82 Å². The molecule has 0 saturated carbocycles. The van der Waals surface area contributed by atoms with E-state index in [9.17, 15) is 0 Å². The lowest BCUT2D eigenvalue weighted by Crippen LogP contribution is -1.95. The number of rotatable bonds is 0. The van der Waals surface area contributed by atoms with E-state index in [4.69, 9.17) is 17.3 Å². The molecule has 0 aliphatic heterocycles. The van der Waals surface area contributed by atoms with Gasteiger partial charge in [0, 0.05) is 0 Å². The summed E-state index contributed by atoms with van der Waals surface area (Å²) in [7, 11) is 0. The molecule has 56 valence electrons. The minimum absolute atomic E-state index is 0.290. The van der Waals surface area contributed by atoms with Crippen LogP contribution in [0, 0.1) is 0 Å². The van der Waals surface area contributed by atoms with Crippen LogP contribution < -0.4 is 5.73 Å². The van der Waals surface area contributed by atoms with Gasteiger partial charge in [-0.3, -0.25) is 4.40 Å². The second-order valence-electron chi connectivity index (χ2n) is 2.11. The zero-order chi connectivity index (χ0) is 7.84. The third-order valence-electron chi connectivity index (χ3n) is 1.42. The normalized spacial score (nSPS) is 10.6. The summed E-state index contributed by atoms with van der Waals surface area (Å²) in [4.78, 5) is 0. The molecule has 0 atom stereocenters. The highest BCUT2D eigenvalue weighted by Gasteiger charge is 2.02. The van der Waals surface area contributed by atoms with E-state index in [1.807, 2.05) is 0 Å². The Balaban J connectivity index is 2.96. The molecule has 0 aromatic carbocycles. The SMILES string of the molecule is Nc1cccc2nnc(Cl)n12. The summed E-state index contributed by atoms with van der Waals surface area (Å²) < 4.78 is 1.57. The first-order valence-corrected chi connectivity index (χ1v) is 3.42. The van der Waals surface area contributed by atoms with Gasteiger partial charge in [0.15, 0.2) is 5.65 Å². The summed E-state index contributed by atoms with van der Waals surface area (Å²) in [6.45, 7) is 0. The Morgan fingerprint density at radius 1 is 1.36 bits per heavy atom. The first-order valence-electron chi connectivity index (χ1n) is 3.04. The van der Waals surface area contributed by atoms with Crippen molar-refractivity contribution in [1.82, 2.24) is 14.6 Å². The molecule has 2 heterocycles. The largest absolute Gasteiger partial charge is 0.385 e. The van der Waals surface area contributed by atoms with Crippen LogP contribution in [0.5, 0.6) is 0 Å². The summed E-state index contributed by atoms with van der Waals surface area (Å²) in [5.74, 6) is 0.539. The monoisotopic (exact) mass is 168 g/mol. The number of nitrogen functional groups attached to an aromatic ring is 1. The first-order chi connectivity index (χ1) is 5.29. The Morgan fingerprint density at radius 3 is 2.91 bits per heavy atom. The van der Waals surface area contributed by atoms with Crippen LogP contribution in [-0.2, 0) is 0 Å². The predicted molar refractivity (Wildman–Crippen MR) is 42.4 cm³/mol. The average molecular weight is 169 g/mol. The topological polar surface area (TPSA) is 56.2 Å². The molecular formula is C6H5ClN4. The summed E-state index contributed by atoms with van der Waals surface area (Å²) >= 11 is 5.69. The van der Waals surface area contributed by atoms with Crippen LogP contribution in [-0.4, -0.2) is 14.6 Å². The molecule has 11 heavy (non-hydrogen) atoms. The Bertz CT molecular complexity index is 394. The Kier molecular flexibility index (Phi) is 1.22. The van der Waals surface area contributed by atoms with Gasteiger partial charge in [-0.05, 0) is 23.7 Å². The molecule has 0 aliphatic carbocycles. The summed E-state index contributed by atoms with van der Waals surface area (Å²) in [6.07, 6.45) is 0. The van der Waals surface area contributed by atoms with Gasteiger partial charge in [-0.1, -0.05) is 6.07 Å². The molecule has 5 heteroatoms. The number of pyridine rings is 1. The van der Waals surface area contributed by atoms with Crippen molar-refractivity contribution in [3.8, 4) is 0 Å². The van der Waals surface area contributed by atoms with Gasteiger partial charge in [-0.2, -0.15) is 0 Å². The van der Waals surface area contributed by atoms with Crippen molar-refractivity contribution in [2.75, 3.05) is 5.73 Å². The van der Waals surface area contributed by atoms with Gasteiger partial charge < -0.3 is 5.73 Å². The second-order valence-corrected chi connectivity index (χ2v) is 2.45. The van der Waals surface area contributed by atoms with Crippen molar-refractivity contribution in [3.63, 3.8) is 0 Å². The quantitative estimate of drug-likeness (QED) is 0.638. The van der Waals surface area contributed by atoms with Gasteiger partial charge in [0.1, 0.15) is 5.82 Å². The molecule has 0 fully saturated rings. The molecule has 0 radical (unpaired) electrons. The number of fused-ring (bicyclic) bond motifs is 1. The van der Waals surface area contributed by atoms with Gasteiger partial charge in [0.05, 0.1) is 0 Å². The molecule has 2 aromatic rings. The fourth-order valence-electron chi connectivity index (χ4n) is 0.930. The summed E-state index contributed by atoms with van der Waals surface area (Å²) in [5, 5.41) is 7.72. The Morgan fingerprint density at radius 2 is 2.18 bits per heavy atom. The van der Waals surface area contributed by atoms with E-state index in [0.717, 1.165) is 0 Å². The van der Waals surface area contributed by atoms with Crippen molar-refractivity contribution in [2.24, 2.45) is 0 Å². The molecule has 0 aliphatic rings. The fraction of sp³-hybridized carbons (Fsp3) is 0. The molecule has 0 spiro atoms. The van der Waals surface area contributed by atoms with Gasteiger partial charge in [-0.25, -0.2) is 0 Å².